The Labute approximate surface area is 105 Å². The zero-order valence-electron chi connectivity index (χ0n) is 8.74. The lowest BCUT2D eigenvalue weighted by molar-refractivity contribution is 0.334. The number of fused-ring (bicyclic) bond motifs is 1. The highest BCUT2D eigenvalue weighted by Gasteiger charge is 2.12. The van der Waals surface area contributed by atoms with Crippen LogP contribution in [0.4, 0.5) is 0 Å². The Bertz CT molecular complexity index is 700. The van der Waals surface area contributed by atoms with Crippen molar-refractivity contribution in [2.75, 3.05) is 0 Å². The average Bonchev–Trinajstić information content (AvgIpc) is 2.93. The molecule has 1 aliphatic heterocycles. The molecule has 0 aliphatic carbocycles. The largest absolute Gasteiger partial charge is 0.332 e. The third-order valence-corrected chi connectivity index (χ3v) is 3.44. The molecule has 0 saturated carbocycles. The molecule has 1 aliphatic rings. The summed E-state index contributed by atoms with van der Waals surface area (Å²) in [5.74, 6) is 0.461. The SMILES string of the molecule is Cn1cnc2ncn(CC3=NI=NO3)c(=O)c21. The second-order valence-electron chi connectivity index (χ2n) is 3.42. The smallest absolute Gasteiger partial charge is 0.280 e. The summed E-state index contributed by atoms with van der Waals surface area (Å²) in [5.41, 5.74) is 0.754. The second kappa shape index (κ2) is 3.98. The number of hydrogen-bond acceptors (Lipinski definition) is 6. The zero-order chi connectivity index (χ0) is 11.8. The van der Waals surface area contributed by atoms with Crippen LogP contribution in [0.2, 0.25) is 0 Å². The Kier molecular flexibility index (Phi) is 2.46. The zero-order valence-corrected chi connectivity index (χ0v) is 10.9. The Morgan fingerprint density at radius 3 is 3.00 bits per heavy atom. The Morgan fingerprint density at radius 1 is 1.41 bits per heavy atom. The monoisotopic (exact) mass is 346 g/mol. The highest BCUT2D eigenvalue weighted by Crippen LogP contribution is 2.13. The lowest BCUT2D eigenvalue weighted by Gasteiger charge is -2.03. The quantitative estimate of drug-likeness (QED) is 0.743. The van der Waals surface area contributed by atoms with E-state index in [9.17, 15) is 4.79 Å². The van der Waals surface area contributed by atoms with E-state index in [0.717, 1.165) is 0 Å². The first-order valence-electron chi connectivity index (χ1n) is 4.70. The number of halogens is 1. The molecule has 3 heterocycles. The summed E-state index contributed by atoms with van der Waals surface area (Å²) in [6.07, 6.45) is 3.01. The molecule has 17 heavy (non-hydrogen) atoms. The van der Waals surface area contributed by atoms with Gasteiger partial charge in [-0.2, -0.15) is 3.21 Å². The molecule has 88 valence electrons. The van der Waals surface area contributed by atoms with E-state index in [4.69, 9.17) is 4.84 Å². The van der Waals surface area contributed by atoms with Gasteiger partial charge < -0.3 is 9.40 Å². The van der Waals surface area contributed by atoms with Gasteiger partial charge in [0.2, 0.25) is 0 Å². The first-order chi connectivity index (χ1) is 8.25. The summed E-state index contributed by atoms with van der Waals surface area (Å²) < 4.78 is 10.9. The molecule has 0 bridgehead atoms. The van der Waals surface area contributed by atoms with E-state index in [2.05, 4.69) is 16.5 Å². The van der Waals surface area contributed by atoms with Gasteiger partial charge in [0, 0.05) is 7.05 Å². The van der Waals surface area contributed by atoms with Crippen LogP contribution in [0, 0.1) is 0 Å². The first kappa shape index (κ1) is 10.5. The van der Waals surface area contributed by atoms with E-state index in [1.807, 2.05) is 0 Å². The molecule has 0 fully saturated rings. The molecule has 3 rings (SSSR count). The van der Waals surface area contributed by atoms with E-state index in [1.165, 1.54) is 10.9 Å². The summed E-state index contributed by atoms with van der Waals surface area (Å²) in [4.78, 5) is 25.2. The van der Waals surface area contributed by atoms with Crippen LogP contribution in [0.3, 0.4) is 0 Å². The molecule has 0 atom stereocenters. The molecule has 0 spiro atoms. The summed E-state index contributed by atoms with van der Waals surface area (Å²) in [7, 11) is 1.76. The van der Waals surface area contributed by atoms with E-state index in [1.54, 1.807) is 17.9 Å². The van der Waals surface area contributed by atoms with Gasteiger partial charge >= 0.3 is 0 Å². The van der Waals surface area contributed by atoms with Crippen LogP contribution >= 0.6 is 21.3 Å². The minimum Gasteiger partial charge on any atom is -0.332 e. The third-order valence-electron chi connectivity index (χ3n) is 2.31. The van der Waals surface area contributed by atoms with Crippen molar-refractivity contribution in [2.45, 2.75) is 6.54 Å². The first-order valence-corrected chi connectivity index (χ1v) is 6.63. The summed E-state index contributed by atoms with van der Waals surface area (Å²) in [6, 6.07) is 0. The maximum atomic E-state index is 12.1. The molecule has 0 radical (unpaired) electrons. The fourth-order valence-corrected chi connectivity index (χ4v) is 2.40. The van der Waals surface area contributed by atoms with Crippen molar-refractivity contribution in [3.05, 3.63) is 23.0 Å². The van der Waals surface area contributed by atoms with Crippen molar-refractivity contribution in [1.29, 1.82) is 0 Å². The second-order valence-corrected chi connectivity index (χ2v) is 4.73. The van der Waals surface area contributed by atoms with Crippen LogP contribution in [-0.2, 0) is 18.4 Å². The van der Waals surface area contributed by atoms with Gasteiger partial charge in [0.15, 0.2) is 32.5 Å². The van der Waals surface area contributed by atoms with Crippen LogP contribution in [0.5, 0.6) is 0 Å². The van der Waals surface area contributed by atoms with Gasteiger partial charge in [-0.1, -0.05) is 0 Å². The minimum absolute atomic E-state index is 0.161. The van der Waals surface area contributed by atoms with E-state index in [-0.39, 0.29) is 12.1 Å². The van der Waals surface area contributed by atoms with E-state index < -0.39 is 21.3 Å². The Hall–Kier alpha value is -1.65. The third kappa shape index (κ3) is 1.75. The van der Waals surface area contributed by atoms with Crippen LogP contribution in [-0.4, -0.2) is 25.0 Å². The number of aromatic nitrogens is 4. The molecule has 0 saturated heterocycles. The predicted octanol–water partition coefficient (Wildman–Crippen LogP) is 0.543. The van der Waals surface area contributed by atoms with Crippen molar-refractivity contribution in [3.63, 3.8) is 0 Å². The van der Waals surface area contributed by atoms with E-state index >= 15 is 0 Å². The summed E-state index contributed by atoms with van der Waals surface area (Å²) in [6.45, 7) is 0.260. The van der Waals surface area contributed by atoms with Crippen molar-refractivity contribution in [1.82, 2.24) is 19.1 Å². The van der Waals surface area contributed by atoms with Gasteiger partial charge in [-0.25, -0.2) is 9.97 Å². The molecule has 0 unspecified atom stereocenters. The predicted molar refractivity (Wildman–Crippen MR) is 67.7 cm³/mol. The lowest BCUT2D eigenvalue weighted by Crippen LogP contribution is -2.25. The molecular formula is C8H7IN6O2. The van der Waals surface area contributed by atoms with Gasteiger partial charge in [0.05, 0.1) is 6.33 Å². The van der Waals surface area contributed by atoms with Crippen molar-refractivity contribution in [3.8, 4) is 0 Å². The molecule has 0 amide bonds. The van der Waals surface area contributed by atoms with E-state index in [0.29, 0.717) is 17.1 Å². The molecule has 8 nitrogen and oxygen atoms in total. The maximum absolute atomic E-state index is 12.1. The number of hydrogen-bond donors (Lipinski definition) is 0. The Morgan fingerprint density at radius 2 is 2.24 bits per heavy atom. The van der Waals surface area contributed by atoms with Gasteiger partial charge in [-0.3, -0.25) is 9.36 Å². The molecular weight excluding hydrogens is 339 g/mol. The number of aryl methyl sites for hydroxylation is 1. The normalized spacial score (nSPS) is 14.5. The van der Waals surface area contributed by atoms with Gasteiger partial charge in [-0.15, -0.1) is 0 Å². The van der Waals surface area contributed by atoms with Crippen molar-refractivity contribution in [2.24, 2.45) is 13.6 Å². The summed E-state index contributed by atoms with van der Waals surface area (Å²) in [5, 5.41) is 0. The molecule has 2 aromatic rings. The maximum Gasteiger partial charge on any atom is 0.280 e. The average molecular weight is 346 g/mol. The van der Waals surface area contributed by atoms with Gasteiger partial charge in [-0.05, 0) is 3.31 Å². The minimum atomic E-state index is -0.601. The Balaban J connectivity index is 2.08. The van der Waals surface area contributed by atoms with Gasteiger partial charge in [0.25, 0.3) is 11.5 Å². The van der Waals surface area contributed by atoms with Crippen LogP contribution < -0.4 is 5.56 Å². The van der Waals surface area contributed by atoms with Crippen LogP contribution in [0.1, 0.15) is 0 Å². The topological polar surface area (TPSA) is 86.7 Å². The highest BCUT2D eigenvalue weighted by atomic mass is 127. The summed E-state index contributed by atoms with van der Waals surface area (Å²) >= 11 is -0.601. The number of rotatable bonds is 2. The fourth-order valence-electron chi connectivity index (χ4n) is 1.51. The van der Waals surface area contributed by atoms with Crippen molar-refractivity contribution >= 4 is 38.4 Å². The molecule has 9 heteroatoms. The van der Waals surface area contributed by atoms with Gasteiger partial charge in [0.1, 0.15) is 12.9 Å². The van der Waals surface area contributed by atoms with Crippen LogP contribution in [0.25, 0.3) is 11.2 Å². The molecule has 0 aromatic carbocycles. The number of imidazole rings is 1. The highest BCUT2D eigenvalue weighted by molar-refractivity contribution is 14.1. The van der Waals surface area contributed by atoms with Crippen LogP contribution in [0.15, 0.2) is 24.0 Å². The lowest BCUT2D eigenvalue weighted by atomic mass is 10.5. The van der Waals surface area contributed by atoms with Crippen molar-refractivity contribution < 1.29 is 4.84 Å². The number of nitrogens with zero attached hydrogens (tertiary/aromatic N) is 6. The fraction of sp³-hybridized carbons (Fsp3) is 0.250. The molecule has 2 aromatic heterocycles. The standard InChI is InChI=1S/C8H7IN6O2/c1-14-3-10-7-6(14)8(16)15(4-11-7)2-5-12-9-13-17-5/h3-4H,2H2,1H3. The molecule has 0 N–H and O–H groups in total.